The summed E-state index contributed by atoms with van der Waals surface area (Å²) in [6.45, 7) is 4.93. The molecule has 0 aromatic carbocycles. The fourth-order valence-electron chi connectivity index (χ4n) is 3.92. The van der Waals surface area contributed by atoms with Gasteiger partial charge in [0.25, 0.3) is 5.91 Å². The minimum Gasteiger partial charge on any atom is -0.462 e. The van der Waals surface area contributed by atoms with Crippen molar-refractivity contribution in [1.82, 2.24) is 10.2 Å². The van der Waals surface area contributed by atoms with Gasteiger partial charge >= 0.3 is 5.97 Å². The second kappa shape index (κ2) is 7.75. The van der Waals surface area contributed by atoms with Crippen molar-refractivity contribution >= 4 is 34.1 Å². The number of amides is 2. The lowest BCUT2D eigenvalue weighted by molar-refractivity contribution is -0.120. The van der Waals surface area contributed by atoms with Crippen molar-refractivity contribution in [3.63, 3.8) is 0 Å². The Balaban J connectivity index is 1.75. The molecule has 2 atom stereocenters. The number of esters is 1. The second-order valence-corrected chi connectivity index (χ2v) is 7.82. The van der Waals surface area contributed by atoms with Crippen LogP contribution in [0.3, 0.4) is 0 Å². The molecule has 1 aliphatic heterocycles. The van der Waals surface area contributed by atoms with Crippen LogP contribution >= 0.6 is 11.3 Å². The van der Waals surface area contributed by atoms with Crippen molar-refractivity contribution in [2.24, 2.45) is 5.92 Å². The van der Waals surface area contributed by atoms with E-state index in [1.165, 1.54) is 19.9 Å². The molecule has 0 spiro atoms. The van der Waals surface area contributed by atoms with Crippen molar-refractivity contribution in [1.29, 1.82) is 0 Å². The summed E-state index contributed by atoms with van der Waals surface area (Å²) in [4.78, 5) is 39.5. The molecule has 2 fully saturated rings. The monoisotopic (exact) mass is 379 g/mol. The number of fused-ring (bicyclic) bond motifs is 1. The van der Waals surface area contributed by atoms with Crippen molar-refractivity contribution < 1.29 is 19.1 Å². The van der Waals surface area contributed by atoms with Gasteiger partial charge in [0.15, 0.2) is 0 Å². The van der Waals surface area contributed by atoms with Gasteiger partial charge in [-0.25, -0.2) is 4.79 Å². The zero-order chi connectivity index (χ0) is 18.8. The largest absolute Gasteiger partial charge is 0.462 e. The number of ether oxygens (including phenoxy) is 1. The number of nitrogens with zero attached hydrogens (tertiary/aromatic N) is 1. The van der Waals surface area contributed by atoms with E-state index in [1.807, 2.05) is 0 Å². The summed E-state index contributed by atoms with van der Waals surface area (Å²) < 4.78 is 5.10. The number of anilines is 1. The topological polar surface area (TPSA) is 87.7 Å². The van der Waals surface area contributed by atoms with Gasteiger partial charge in [-0.2, -0.15) is 0 Å². The Hall–Kier alpha value is -1.93. The van der Waals surface area contributed by atoms with E-state index in [0.29, 0.717) is 28.0 Å². The molecule has 0 radical (unpaired) electrons. The number of rotatable bonds is 6. The highest BCUT2D eigenvalue weighted by Crippen LogP contribution is 2.39. The van der Waals surface area contributed by atoms with Gasteiger partial charge in [0.1, 0.15) is 5.00 Å². The molecule has 1 saturated heterocycles. The average molecular weight is 379 g/mol. The maximum atomic E-state index is 12.5. The van der Waals surface area contributed by atoms with Gasteiger partial charge in [0.2, 0.25) is 5.91 Å². The van der Waals surface area contributed by atoms with Crippen LogP contribution in [0.1, 0.15) is 51.8 Å². The number of likely N-dealkylation sites (tertiary alicyclic amines) is 1. The highest BCUT2D eigenvalue weighted by Gasteiger charge is 2.42. The summed E-state index contributed by atoms with van der Waals surface area (Å²) in [6, 6.07) is 0.525. The Bertz CT molecular complexity index is 730. The Morgan fingerprint density at radius 3 is 2.73 bits per heavy atom. The average Bonchev–Trinajstić information content (AvgIpc) is 3.12. The Morgan fingerprint density at radius 1 is 1.31 bits per heavy atom. The summed E-state index contributed by atoms with van der Waals surface area (Å²) in [5.41, 5.74) is 0.800. The molecular formula is C18H25N3O4S. The molecule has 26 heavy (non-hydrogen) atoms. The third-order valence-electron chi connectivity index (χ3n) is 5.22. The van der Waals surface area contributed by atoms with Crippen LogP contribution in [0.4, 0.5) is 5.00 Å². The van der Waals surface area contributed by atoms with E-state index in [2.05, 4.69) is 15.5 Å². The van der Waals surface area contributed by atoms with E-state index >= 15 is 0 Å². The first-order valence-corrected chi connectivity index (χ1v) is 9.84. The molecule has 142 valence electrons. The van der Waals surface area contributed by atoms with Crippen LogP contribution < -0.4 is 10.6 Å². The third-order valence-corrected chi connectivity index (χ3v) is 6.42. The zero-order valence-corrected chi connectivity index (χ0v) is 16.2. The number of thiophene rings is 1. The maximum Gasteiger partial charge on any atom is 0.341 e. The smallest absolute Gasteiger partial charge is 0.341 e. The molecule has 2 N–H and O–H groups in total. The minimum atomic E-state index is -0.522. The molecule has 8 heteroatoms. The van der Waals surface area contributed by atoms with Crippen molar-refractivity contribution in [3.05, 3.63) is 16.0 Å². The molecule has 2 aliphatic rings. The minimum absolute atomic E-state index is 0.161. The first-order chi connectivity index (χ1) is 12.5. The Morgan fingerprint density at radius 2 is 2.08 bits per heavy atom. The predicted molar refractivity (Wildman–Crippen MR) is 99.7 cm³/mol. The summed E-state index contributed by atoms with van der Waals surface area (Å²) in [6.07, 6.45) is 3.65. The summed E-state index contributed by atoms with van der Waals surface area (Å²) >= 11 is 1.11. The van der Waals surface area contributed by atoms with Gasteiger partial charge in [0, 0.05) is 19.6 Å². The molecule has 1 aliphatic carbocycles. The quantitative estimate of drug-likeness (QED) is 0.739. The lowest BCUT2D eigenvalue weighted by Gasteiger charge is -2.44. The lowest BCUT2D eigenvalue weighted by atomic mass is 9.92. The van der Waals surface area contributed by atoms with E-state index in [4.69, 9.17) is 4.74 Å². The van der Waals surface area contributed by atoms with Gasteiger partial charge in [-0.15, -0.1) is 11.3 Å². The van der Waals surface area contributed by atoms with Gasteiger partial charge in [-0.1, -0.05) is 6.42 Å². The SMILES string of the molecule is CCOC(=O)c1c(NC(=O)CN2CC3CCCC32)sc(C(=O)NC)c1C. The number of carbonyl (C=O) groups is 3. The van der Waals surface area contributed by atoms with Crippen LogP contribution in [-0.4, -0.2) is 55.5 Å². The number of carbonyl (C=O) groups excluding carboxylic acids is 3. The van der Waals surface area contributed by atoms with Crippen LogP contribution in [0, 0.1) is 12.8 Å². The van der Waals surface area contributed by atoms with Gasteiger partial charge in [-0.3, -0.25) is 14.5 Å². The normalized spacial score (nSPS) is 21.7. The van der Waals surface area contributed by atoms with Gasteiger partial charge in [-0.05, 0) is 38.2 Å². The Labute approximate surface area is 157 Å². The van der Waals surface area contributed by atoms with E-state index in [-0.39, 0.29) is 24.0 Å². The molecule has 2 amide bonds. The number of hydrogen-bond acceptors (Lipinski definition) is 6. The van der Waals surface area contributed by atoms with E-state index in [1.54, 1.807) is 13.8 Å². The highest BCUT2D eigenvalue weighted by atomic mass is 32.1. The molecular weight excluding hydrogens is 354 g/mol. The van der Waals surface area contributed by atoms with Gasteiger partial charge in [0.05, 0.1) is 23.6 Å². The van der Waals surface area contributed by atoms with E-state index in [9.17, 15) is 14.4 Å². The molecule has 2 unspecified atom stereocenters. The van der Waals surface area contributed by atoms with Crippen molar-refractivity contribution in [3.8, 4) is 0 Å². The third kappa shape index (κ3) is 3.48. The summed E-state index contributed by atoms with van der Waals surface area (Å²) in [7, 11) is 1.53. The van der Waals surface area contributed by atoms with Crippen LogP contribution in [0.5, 0.6) is 0 Å². The van der Waals surface area contributed by atoms with Crippen LogP contribution in [0.25, 0.3) is 0 Å². The molecule has 0 bridgehead atoms. The van der Waals surface area contributed by atoms with Crippen LogP contribution in [0.15, 0.2) is 0 Å². The molecule has 1 aromatic rings. The van der Waals surface area contributed by atoms with Crippen LogP contribution in [0.2, 0.25) is 0 Å². The second-order valence-electron chi connectivity index (χ2n) is 6.80. The van der Waals surface area contributed by atoms with Gasteiger partial charge < -0.3 is 15.4 Å². The highest BCUT2D eigenvalue weighted by molar-refractivity contribution is 7.18. The molecule has 1 saturated carbocycles. The standard InChI is InChI=1S/C18H25N3O4S/c1-4-25-18(24)14-10(2)15(16(23)19-3)26-17(14)20-13(22)9-21-8-11-6-5-7-12(11)21/h11-12H,4-9H2,1-3H3,(H,19,23)(H,20,22). The van der Waals surface area contributed by atoms with E-state index in [0.717, 1.165) is 30.2 Å². The number of hydrogen-bond donors (Lipinski definition) is 2. The zero-order valence-electron chi connectivity index (χ0n) is 15.4. The van der Waals surface area contributed by atoms with E-state index < -0.39 is 5.97 Å². The van der Waals surface area contributed by atoms with Crippen molar-refractivity contribution in [2.75, 3.05) is 32.1 Å². The maximum absolute atomic E-state index is 12.5. The molecule has 2 heterocycles. The molecule has 1 aromatic heterocycles. The number of nitrogens with one attached hydrogen (secondary N) is 2. The summed E-state index contributed by atoms with van der Waals surface area (Å²) in [5.74, 6) is -0.228. The first-order valence-electron chi connectivity index (χ1n) is 9.02. The molecule has 3 rings (SSSR count). The lowest BCUT2D eigenvalue weighted by Crippen LogP contribution is -2.55. The Kier molecular flexibility index (Phi) is 5.62. The fraction of sp³-hybridized carbons (Fsp3) is 0.611. The van der Waals surface area contributed by atoms with Crippen LogP contribution in [-0.2, 0) is 9.53 Å². The fourth-order valence-corrected chi connectivity index (χ4v) is 5.08. The first kappa shape index (κ1) is 18.8. The molecule has 7 nitrogen and oxygen atoms in total. The predicted octanol–water partition coefficient (Wildman–Crippen LogP) is 2.02. The summed E-state index contributed by atoms with van der Waals surface area (Å²) in [5, 5.41) is 5.77. The van der Waals surface area contributed by atoms with Crippen molar-refractivity contribution in [2.45, 2.75) is 39.2 Å².